The summed E-state index contributed by atoms with van der Waals surface area (Å²) >= 11 is 0. The van der Waals surface area contributed by atoms with Gasteiger partial charge in [-0.15, -0.1) is 0 Å². The molecule has 0 radical (unpaired) electrons. The molecule has 246 valence electrons. The summed E-state index contributed by atoms with van der Waals surface area (Å²) in [5.41, 5.74) is 8.54. The Kier molecular flexibility index (Phi) is 6.17. The molecule has 0 N–H and O–H groups in total. The zero-order valence-electron chi connectivity index (χ0n) is 28.3. The summed E-state index contributed by atoms with van der Waals surface area (Å²) in [6, 6.07) is 44.6. The van der Waals surface area contributed by atoms with Gasteiger partial charge in [-0.1, -0.05) is 77.9 Å². The van der Waals surface area contributed by atoms with Crippen LogP contribution in [0, 0.1) is 13.8 Å². The van der Waals surface area contributed by atoms with E-state index in [0.29, 0.717) is 34.5 Å². The van der Waals surface area contributed by atoms with Crippen LogP contribution in [0.4, 0.5) is 0 Å². The van der Waals surface area contributed by atoms with E-state index in [1.54, 1.807) is 0 Å². The molecular formula is C44H28B2O6. The summed E-state index contributed by atoms with van der Waals surface area (Å²) in [6.45, 7) is 3.86. The highest BCUT2D eigenvalue weighted by Gasteiger charge is 2.45. The van der Waals surface area contributed by atoms with Crippen LogP contribution in [0.5, 0.6) is 69.0 Å². The van der Waals surface area contributed by atoms with Crippen LogP contribution in [0.3, 0.4) is 0 Å². The van der Waals surface area contributed by atoms with E-state index in [-0.39, 0.29) is 13.4 Å². The van der Waals surface area contributed by atoms with Gasteiger partial charge in [-0.2, -0.15) is 0 Å². The topological polar surface area (TPSA) is 55.4 Å². The van der Waals surface area contributed by atoms with Crippen LogP contribution in [0.25, 0.3) is 0 Å². The third-order valence-electron chi connectivity index (χ3n) is 10.3. The Hall–Kier alpha value is -6.53. The molecule has 11 rings (SSSR count). The molecule has 0 fully saturated rings. The van der Waals surface area contributed by atoms with Crippen molar-refractivity contribution in [2.45, 2.75) is 13.8 Å². The minimum absolute atomic E-state index is 0.126. The maximum atomic E-state index is 6.79. The van der Waals surface area contributed by atoms with Crippen LogP contribution in [0.2, 0.25) is 0 Å². The molecule has 0 aliphatic carbocycles. The SMILES string of the molecule is Cc1ccc(Oc2cc3c4c(c2)Oc2cc5c(cc2B4c2ccccc2O3)B2c3ccccc3Oc3cc(Oc4ccc(C)cc4)cc(c32)O5)cc1. The Morgan fingerprint density at radius 2 is 0.731 bits per heavy atom. The number of hydrogen-bond donors (Lipinski definition) is 0. The van der Waals surface area contributed by atoms with Crippen LogP contribution in [-0.2, 0) is 0 Å². The molecule has 0 saturated heterocycles. The van der Waals surface area contributed by atoms with Crippen molar-refractivity contribution in [1.29, 1.82) is 0 Å². The fourth-order valence-corrected chi connectivity index (χ4v) is 7.94. The van der Waals surface area contributed by atoms with Crippen LogP contribution in [0.15, 0.2) is 133 Å². The van der Waals surface area contributed by atoms with Gasteiger partial charge >= 0.3 is 0 Å². The molecular weight excluding hydrogens is 646 g/mol. The second-order valence-electron chi connectivity index (χ2n) is 13.8. The van der Waals surface area contributed by atoms with Gasteiger partial charge in [0.2, 0.25) is 0 Å². The monoisotopic (exact) mass is 674 g/mol. The lowest BCUT2D eigenvalue weighted by Crippen LogP contribution is -2.61. The first-order valence-electron chi connectivity index (χ1n) is 17.4. The average Bonchev–Trinajstić information content (AvgIpc) is 3.15. The van der Waals surface area contributed by atoms with Gasteiger partial charge in [-0.3, -0.25) is 0 Å². The van der Waals surface area contributed by atoms with Crippen molar-refractivity contribution in [2.24, 2.45) is 0 Å². The first-order valence-corrected chi connectivity index (χ1v) is 17.4. The van der Waals surface area contributed by atoms with Gasteiger partial charge in [0.05, 0.1) is 0 Å². The van der Waals surface area contributed by atoms with E-state index < -0.39 is 0 Å². The predicted molar refractivity (Wildman–Crippen MR) is 204 cm³/mol. The van der Waals surface area contributed by atoms with Crippen molar-refractivity contribution in [3.8, 4) is 69.0 Å². The Bertz CT molecular complexity index is 2440. The average molecular weight is 674 g/mol. The molecule has 8 heteroatoms. The highest BCUT2D eigenvalue weighted by molar-refractivity contribution is 7.01. The van der Waals surface area contributed by atoms with Crippen molar-refractivity contribution in [3.63, 3.8) is 0 Å². The number of hydrogen-bond acceptors (Lipinski definition) is 6. The third-order valence-corrected chi connectivity index (χ3v) is 10.3. The summed E-state index contributed by atoms with van der Waals surface area (Å²) < 4.78 is 39.4. The highest BCUT2D eigenvalue weighted by Crippen LogP contribution is 2.43. The second-order valence-corrected chi connectivity index (χ2v) is 13.8. The molecule has 0 unspecified atom stereocenters. The Balaban J connectivity index is 1.07. The molecule has 4 aliphatic heterocycles. The summed E-state index contributed by atoms with van der Waals surface area (Å²) in [4.78, 5) is 0. The van der Waals surface area contributed by atoms with E-state index in [2.05, 4.69) is 44.2 Å². The maximum absolute atomic E-state index is 6.79. The number of benzene rings is 7. The van der Waals surface area contributed by atoms with E-state index in [1.165, 1.54) is 11.1 Å². The van der Waals surface area contributed by atoms with Gasteiger partial charge in [-0.25, -0.2) is 0 Å². The van der Waals surface area contributed by atoms with E-state index in [4.69, 9.17) is 28.4 Å². The molecule has 0 aromatic heterocycles. The molecule has 0 spiro atoms. The molecule has 0 bridgehead atoms. The smallest absolute Gasteiger partial charge is 0.260 e. The molecule has 0 atom stereocenters. The van der Waals surface area contributed by atoms with Gasteiger partial charge < -0.3 is 28.4 Å². The second kappa shape index (κ2) is 11.0. The Morgan fingerprint density at radius 1 is 0.346 bits per heavy atom. The van der Waals surface area contributed by atoms with Gasteiger partial charge in [0.1, 0.15) is 69.0 Å². The number of fused-ring (bicyclic) bond motifs is 8. The molecule has 0 amide bonds. The van der Waals surface area contributed by atoms with Crippen LogP contribution >= 0.6 is 0 Å². The predicted octanol–water partition coefficient (Wildman–Crippen LogP) is 7.34. The van der Waals surface area contributed by atoms with Crippen LogP contribution < -0.4 is 61.2 Å². The first-order chi connectivity index (χ1) is 25.5. The summed E-state index contributed by atoms with van der Waals surface area (Å²) in [7, 11) is 0. The normalized spacial score (nSPS) is 13.3. The molecule has 52 heavy (non-hydrogen) atoms. The number of ether oxygens (including phenoxy) is 6. The van der Waals surface area contributed by atoms with E-state index >= 15 is 0 Å². The first kappa shape index (κ1) is 29.2. The molecule has 4 heterocycles. The lowest BCUT2D eigenvalue weighted by atomic mass is 9.31. The minimum atomic E-state index is -0.126. The lowest BCUT2D eigenvalue weighted by Gasteiger charge is -2.36. The summed E-state index contributed by atoms with van der Waals surface area (Å²) in [5, 5.41) is 0. The van der Waals surface area contributed by atoms with Gasteiger partial charge in [0.15, 0.2) is 0 Å². The zero-order chi connectivity index (χ0) is 34.5. The van der Waals surface area contributed by atoms with Crippen molar-refractivity contribution in [3.05, 3.63) is 145 Å². The molecule has 6 nitrogen and oxygen atoms in total. The summed E-state index contributed by atoms with van der Waals surface area (Å²) in [6.07, 6.45) is 0. The minimum Gasteiger partial charge on any atom is -0.458 e. The number of rotatable bonds is 4. The summed E-state index contributed by atoms with van der Waals surface area (Å²) in [5.74, 6) is 8.63. The highest BCUT2D eigenvalue weighted by atomic mass is 16.5. The van der Waals surface area contributed by atoms with Gasteiger partial charge in [0, 0.05) is 41.3 Å². The zero-order valence-corrected chi connectivity index (χ0v) is 28.3. The fraction of sp³-hybridized carbons (Fsp3) is 0.0455. The fourth-order valence-electron chi connectivity index (χ4n) is 7.94. The number of aryl methyl sites for hydroxylation is 2. The van der Waals surface area contributed by atoms with Crippen molar-refractivity contribution in [2.75, 3.05) is 0 Å². The molecule has 7 aromatic carbocycles. The van der Waals surface area contributed by atoms with Gasteiger partial charge in [-0.05, 0) is 72.1 Å². The number of para-hydroxylation sites is 2. The lowest BCUT2D eigenvalue weighted by molar-refractivity contribution is 0.435. The Morgan fingerprint density at radius 3 is 1.15 bits per heavy atom. The molecule has 0 saturated carbocycles. The van der Waals surface area contributed by atoms with Crippen molar-refractivity contribution >= 4 is 46.2 Å². The molecule has 4 aliphatic rings. The third kappa shape index (κ3) is 4.54. The van der Waals surface area contributed by atoms with E-state index in [9.17, 15) is 0 Å². The Labute approximate surface area is 301 Å². The van der Waals surface area contributed by atoms with Crippen LogP contribution in [-0.4, -0.2) is 13.4 Å². The van der Waals surface area contributed by atoms with Crippen molar-refractivity contribution < 1.29 is 28.4 Å². The van der Waals surface area contributed by atoms with E-state index in [1.807, 2.05) is 103 Å². The van der Waals surface area contributed by atoms with Crippen molar-refractivity contribution in [1.82, 2.24) is 0 Å². The molecule has 7 aromatic rings. The maximum Gasteiger partial charge on any atom is 0.260 e. The standard InChI is InChI=1S/C44H28B2O6/c1-25-11-15-27(16-12-25)47-29-19-39-43-41(21-29)51-37-24-38-34(23-33(37)45(43)31-7-3-5-9-35(31)49-39)46-32-8-4-6-10-36(32)50-40-20-30(22-42(52-38)44(40)46)48-28-17-13-26(2)14-18-28/h3-24H,1-2H3. The van der Waals surface area contributed by atoms with Crippen LogP contribution in [0.1, 0.15) is 11.1 Å². The largest absolute Gasteiger partial charge is 0.458 e. The van der Waals surface area contributed by atoms with E-state index in [0.717, 1.165) is 67.3 Å². The van der Waals surface area contributed by atoms with Gasteiger partial charge in [0.25, 0.3) is 13.4 Å². The quantitative estimate of drug-likeness (QED) is 0.182.